The average molecular weight is 376 g/mol. The number of hydrogen-bond donors (Lipinski definition) is 2. The number of nitrogens with one attached hydrogen (secondary N) is 2. The normalized spacial score (nSPS) is 27.1. The lowest BCUT2D eigenvalue weighted by Crippen LogP contribution is -2.71. The highest BCUT2D eigenvalue weighted by molar-refractivity contribution is 5.78. The summed E-state index contributed by atoms with van der Waals surface area (Å²) in [6.45, 7) is 2.61. The molecule has 26 heavy (non-hydrogen) atoms. The Hall–Kier alpha value is -1.71. The van der Waals surface area contributed by atoms with Crippen molar-refractivity contribution in [3.8, 4) is 0 Å². The molecule has 3 heterocycles. The number of carbonyl (C=O) groups is 2. The van der Waals surface area contributed by atoms with Gasteiger partial charge < -0.3 is 25.2 Å². The molecule has 3 saturated heterocycles. The maximum Gasteiger partial charge on any atom is 0.407 e. The molecule has 1 spiro atoms. The highest BCUT2D eigenvalue weighted by atomic mass is 19.4. The van der Waals surface area contributed by atoms with Crippen LogP contribution in [-0.2, 0) is 4.74 Å². The number of hydrogen-bond acceptors (Lipinski definition) is 4. The Morgan fingerprint density at radius 1 is 1.23 bits per heavy atom. The molecule has 10 heteroatoms. The third-order valence-electron chi connectivity index (χ3n) is 6.01. The van der Waals surface area contributed by atoms with Crippen LogP contribution in [0.2, 0.25) is 0 Å². The highest BCUT2D eigenvalue weighted by Crippen LogP contribution is 2.49. The van der Waals surface area contributed by atoms with E-state index in [-0.39, 0.29) is 31.4 Å². The molecule has 0 atom stereocenters. The smallest absolute Gasteiger partial charge is 0.407 e. The number of carbonyl (C=O) groups excluding carboxylic acids is 2. The fourth-order valence-corrected chi connectivity index (χ4v) is 4.04. The summed E-state index contributed by atoms with van der Waals surface area (Å²) in [4.78, 5) is 27.1. The minimum Gasteiger partial charge on any atom is -0.447 e. The number of alkyl carbamates (subject to hydrolysis) is 1. The predicted octanol–water partition coefficient (Wildman–Crippen LogP) is 1.30. The molecule has 0 aromatic carbocycles. The second kappa shape index (κ2) is 5.90. The van der Waals surface area contributed by atoms with Crippen LogP contribution in [0.25, 0.3) is 0 Å². The van der Waals surface area contributed by atoms with Crippen LogP contribution in [0, 0.1) is 5.92 Å². The quantitative estimate of drug-likeness (QED) is 0.779. The molecule has 1 saturated carbocycles. The first-order valence-electron chi connectivity index (χ1n) is 9.03. The van der Waals surface area contributed by atoms with E-state index in [0.29, 0.717) is 45.6 Å². The van der Waals surface area contributed by atoms with Crippen LogP contribution in [0.1, 0.15) is 25.7 Å². The van der Waals surface area contributed by atoms with E-state index < -0.39 is 23.3 Å². The van der Waals surface area contributed by atoms with Gasteiger partial charge in [0.1, 0.15) is 17.7 Å². The van der Waals surface area contributed by atoms with Crippen molar-refractivity contribution in [2.24, 2.45) is 5.92 Å². The Morgan fingerprint density at radius 3 is 2.38 bits per heavy atom. The van der Waals surface area contributed by atoms with Crippen molar-refractivity contribution in [2.75, 3.05) is 39.3 Å². The maximum atomic E-state index is 12.9. The molecule has 4 fully saturated rings. The molecule has 7 nitrogen and oxygen atoms in total. The topological polar surface area (TPSA) is 73.9 Å². The van der Waals surface area contributed by atoms with Gasteiger partial charge in [0.25, 0.3) is 0 Å². The van der Waals surface area contributed by atoms with E-state index >= 15 is 0 Å². The number of halogens is 3. The Bertz CT molecular complexity index is 594. The second-order valence-corrected chi connectivity index (χ2v) is 8.01. The van der Waals surface area contributed by atoms with Crippen LogP contribution in [-0.4, -0.2) is 78.5 Å². The van der Waals surface area contributed by atoms with Gasteiger partial charge >= 0.3 is 18.3 Å². The van der Waals surface area contributed by atoms with E-state index in [9.17, 15) is 22.8 Å². The first kappa shape index (κ1) is 17.7. The summed E-state index contributed by atoms with van der Waals surface area (Å²) in [7, 11) is 0. The van der Waals surface area contributed by atoms with Gasteiger partial charge in [0, 0.05) is 13.1 Å². The van der Waals surface area contributed by atoms with Gasteiger partial charge in [-0.1, -0.05) is 0 Å². The van der Waals surface area contributed by atoms with E-state index in [0.717, 1.165) is 0 Å². The molecule has 3 aliphatic heterocycles. The van der Waals surface area contributed by atoms with Crippen LogP contribution >= 0.6 is 0 Å². The molecule has 146 valence electrons. The lowest BCUT2D eigenvalue weighted by atomic mass is 9.91. The highest BCUT2D eigenvalue weighted by Gasteiger charge is 2.63. The Balaban J connectivity index is 1.20. The largest absolute Gasteiger partial charge is 0.447 e. The molecule has 3 amide bonds. The number of alkyl halides is 3. The Labute approximate surface area is 149 Å². The predicted molar refractivity (Wildman–Crippen MR) is 84.5 cm³/mol. The number of rotatable bonds is 3. The summed E-state index contributed by atoms with van der Waals surface area (Å²) in [5, 5.41) is 5.45. The summed E-state index contributed by atoms with van der Waals surface area (Å²) >= 11 is 0. The number of urea groups is 1. The standard InChI is InChI=1S/C16H23F3N4O3/c17-16(18,19)15(3-4-15)20-7-11-1-5-22(6-2-11)13(25)23-8-14(9-23)10-26-12(24)21-14/h11,20H,1-10H2,(H,21,24). The fraction of sp³-hybridized carbons (Fsp3) is 0.875. The minimum atomic E-state index is -4.18. The van der Waals surface area contributed by atoms with Crippen molar-refractivity contribution in [3.05, 3.63) is 0 Å². The number of ether oxygens (including phenoxy) is 1. The molecule has 0 unspecified atom stereocenters. The zero-order chi connectivity index (χ0) is 18.6. The molecule has 1 aliphatic carbocycles. The Kier molecular flexibility index (Phi) is 4.01. The van der Waals surface area contributed by atoms with E-state index in [4.69, 9.17) is 4.74 Å². The van der Waals surface area contributed by atoms with E-state index in [1.165, 1.54) is 0 Å². The molecule has 4 aliphatic rings. The number of piperidine rings is 1. The van der Waals surface area contributed by atoms with Crippen LogP contribution in [0.3, 0.4) is 0 Å². The zero-order valence-electron chi connectivity index (χ0n) is 14.4. The van der Waals surface area contributed by atoms with Gasteiger partial charge in [0.15, 0.2) is 0 Å². The lowest BCUT2D eigenvalue weighted by Gasteiger charge is -2.48. The minimum absolute atomic E-state index is 0.0721. The summed E-state index contributed by atoms with van der Waals surface area (Å²) in [5.41, 5.74) is -2.11. The van der Waals surface area contributed by atoms with Gasteiger partial charge in [-0.2, -0.15) is 13.2 Å². The average Bonchev–Trinajstić information content (AvgIpc) is 3.27. The second-order valence-electron chi connectivity index (χ2n) is 8.01. The molecular weight excluding hydrogens is 353 g/mol. The van der Waals surface area contributed by atoms with Crippen LogP contribution in [0.4, 0.5) is 22.8 Å². The lowest BCUT2D eigenvalue weighted by molar-refractivity contribution is -0.166. The molecule has 0 aromatic heterocycles. The summed E-state index contributed by atoms with van der Waals surface area (Å²) in [6.07, 6.45) is -2.92. The Morgan fingerprint density at radius 2 is 1.88 bits per heavy atom. The van der Waals surface area contributed by atoms with Gasteiger partial charge in [-0.3, -0.25) is 0 Å². The monoisotopic (exact) mass is 376 g/mol. The van der Waals surface area contributed by atoms with Crippen molar-refractivity contribution in [2.45, 2.75) is 42.9 Å². The maximum absolute atomic E-state index is 12.9. The van der Waals surface area contributed by atoms with Gasteiger partial charge in [-0.15, -0.1) is 0 Å². The van der Waals surface area contributed by atoms with Crippen molar-refractivity contribution in [1.82, 2.24) is 20.4 Å². The van der Waals surface area contributed by atoms with Crippen LogP contribution in [0.15, 0.2) is 0 Å². The summed E-state index contributed by atoms with van der Waals surface area (Å²) in [6, 6.07) is -0.0721. The molecule has 0 bridgehead atoms. The first-order valence-corrected chi connectivity index (χ1v) is 9.03. The first-order chi connectivity index (χ1) is 12.2. The van der Waals surface area contributed by atoms with Gasteiger partial charge in [-0.05, 0) is 38.1 Å². The van der Waals surface area contributed by atoms with Crippen molar-refractivity contribution < 1.29 is 27.5 Å². The van der Waals surface area contributed by atoms with Gasteiger partial charge in [0.05, 0.1) is 13.1 Å². The number of nitrogens with zero attached hydrogens (tertiary/aromatic N) is 2. The van der Waals surface area contributed by atoms with E-state index in [1.54, 1.807) is 9.80 Å². The van der Waals surface area contributed by atoms with Crippen LogP contribution < -0.4 is 10.6 Å². The fourth-order valence-electron chi connectivity index (χ4n) is 4.04. The summed E-state index contributed by atoms with van der Waals surface area (Å²) in [5.74, 6) is 0.157. The summed E-state index contributed by atoms with van der Waals surface area (Å²) < 4.78 is 43.7. The molecular formula is C16H23F3N4O3. The number of cyclic esters (lactones) is 1. The number of likely N-dealkylation sites (tertiary alicyclic amines) is 2. The molecule has 2 N–H and O–H groups in total. The van der Waals surface area contributed by atoms with Crippen LogP contribution in [0.5, 0.6) is 0 Å². The third kappa shape index (κ3) is 3.08. The SMILES string of the molecule is O=C1NC2(CO1)CN(C(=O)N1CCC(CNC3(C(F)(F)F)CC3)CC1)C2. The third-order valence-corrected chi connectivity index (χ3v) is 6.01. The van der Waals surface area contributed by atoms with E-state index in [2.05, 4.69) is 10.6 Å². The van der Waals surface area contributed by atoms with Gasteiger partial charge in [0.2, 0.25) is 0 Å². The molecule has 0 aromatic rings. The van der Waals surface area contributed by atoms with Gasteiger partial charge in [-0.25, -0.2) is 9.59 Å². The van der Waals surface area contributed by atoms with Crippen molar-refractivity contribution in [1.29, 1.82) is 0 Å². The van der Waals surface area contributed by atoms with Crippen molar-refractivity contribution in [3.63, 3.8) is 0 Å². The van der Waals surface area contributed by atoms with Crippen molar-refractivity contribution >= 4 is 12.1 Å². The molecule has 0 radical (unpaired) electrons. The molecule has 4 rings (SSSR count). The number of amides is 3. The van der Waals surface area contributed by atoms with E-state index in [1.807, 2.05) is 0 Å². The zero-order valence-corrected chi connectivity index (χ0v) is 14.4.